The number of Topliss-reactive ketones (excluding diaryl/α,β-unsaturated/α-hetero) is 1. The zero-order valence-electron chi connectivity index (χ0n) is 19.5. The highest BCUT2D eigenvalue weighted by Crippen LogP contribution is 2.48. The molecule has 1 atom stereocenters. The number of benzene rings is 1. The topological polar surface area (TPSA) is 103 Å². The summed E-state index contributed by atoms with van der Waals surface area (Å²) in [6.07, 6.45) is 0.986. The fourth-order valence-electron chi connectivity index (χ4n) is 4.71. The third kappa shape index (κ3) is 4.06. The third-order valence-electron chi connectivity index (χ3n) is 6.33. The molecule has 1 aromatic carbocycles. The van der Waals surface area contributed by atoms with E-state index in [1.807, 2.05) is 50.6 Å². The Balaban J connectivity index is 1.84. The van der Waals surface area contributed by atoms with Gasteiger partial charge in [-0.25, -0.2) is 0 Å². The van der Waals surface area contributed by atoms with Gasteiger partial charge < -0.3 is 15.2 Å². The summed E-state index contributed by atoms with van der Waals surface area (Å²) < 4.78 is 14.3. The standard InChI is InChI=1S/C25H27BrN4O3/c1-13-23(26)14(2)30(29-13)12-16-8-15(6-7-19(16)32-5)21-17(11-27)24(28)33-20-10-25(3,4)9-18(31)22(20)21/h6-8,21H,9-10,12,28H2,1-5H3/t21-/m0/s1. The Hall–Kier alpha value is -3.05. The number of halogens is 1. The maximum Gasteiger partial charge on any atom is 0.205 e. The maximum atomic E-state index is 13.2. The molecule has 0 bridgehead atoms. The molecular formula is C25H27BrN4O3. The van der Waals surface area contributed by atoms with Crippen LogP contribution in [0.5, 0.6) is 5.75 Å². The number of nitriles is 1. The molecule has 2 N–H and O–H groups in total. The molecule has 2 aliphatic rings. The Morgan fingerprint density at radius 1 is 1.36 bits per heavy atom. The number of allylic oxidation sites excluding steroid dienone is 3. The van der Waals surface area contributed by atoms with Gasteiger partial charge in [0.2, 0.25) is 5.88 Å². The second-order valence-electron chi connectivity index (χ2n) is 9.42. The lowest BCUT2D eigenvalue weighted by molar-refractivity contribution is -0.119. The number of aryl methyl sites for hydroxylation is 1. The van der Waals surface area contributed by atoms with Crippen LogP contribution in [0.25, 0.3) is 0 Å². The molecule has 0 unspecified atom stereocenters. The van der Waals surface area contributed by atoms with Crippen LogP contribution >= 0.6 is 15.9 Å². The molecule has 0 spiro atoms. The number of ether oxygens (including phenoxy) is 2. The molecule has 7 nitrogen and oxygen atoms in total. The molecule has 8 heteroatoms. The van der Waals surface area contributed by atoms with Crippen molar-refractivity contribution in [3.8, 4) is 11.8 Å². The SMILES string of the molecule is COc1ccc([C@H]2C(C#N)=C(N)OC3=C2C(=O)CC(C)(C)C3)cc1Cn1nc(C)c(Br)c1C. The van der Waals surface area contributed by atoms with Crippen molar-refractivity contribution in [2.45, 2.75) is 53.0 Å². The quantitative estimate of drug-likeness (QED) is 0.635. The number of methoxy groups -OCH3 is 1. The molecule has 33 heavy (non-hydrogen) atoms. The number of nitrogens with two attached hydrogens (primary N) is 1. The highest BCUT2D eigenvalue weighted by atomic mass is 79.9. The van der Waals surface area contributed by atoms with Crippen molar-refractivity contribution in [3.63, 3.8) is 0 Å². The number of aromatic nitrogens is 2. The predicted molar refractivity (Wildman–Crippen MR) is 127 cm³/mol. The van der Waals surface area contributed by atoms with E-state index in [0.29, 0.717) is 36.5 Å². The van der Waals surface area contributed by atoms with Crippen molar-refractivity contribution < 1.29 is 14.3 Å². The minimum Gasteiger partial charge on any atom is -0.496 e. The van der Waals surface area contributed by atoms with E-state index in [1.54, 1.807) is 7.11 Å². The summed E-state index contributed by atoms with van der Waals surface area (Å²) in [6.45, 7) is 8.48. The Kier molecular flexibility index (Phi) is 5.87. The number of hydrogen-bond donors (Lipinski definition) is 1. The van der Waals surface area contributed by atoms with Crippen molar-refractivity contribution in [2.24, 2.45) is 11.1 Å². The van der Waals surface area contributed by atoms with E-state index in [-0.39, 0.29) is 22.7 Å². The van der Waals surface area contributed by atoms with Crippen LogP contribution in [0.15, 0.2) is 45.5 Å². The Morgan fingerprint density at radius 3 is 2.70 bits per heavy atom. The second kappa shape index (κ2) is 8.38. The molecule has 1 aromatic heterocycles. The number of ketones is 1. The molecule has 172 valence electrons. The van der Waals surface area contributed by atoms with Gasteiger partial charge in [0.05, 0.1) is 35.4 Å². The van der Waals surface area contributed by atoms with E-state index in [0.717, 1.165) is 27.0 Å². The fraction of sp³-hybridized carbons (Fsp3) is 0.400. The number of rotatable bonds is 4. The zero-order chi connectivity index (χ0) is 24.1. The minimum absolute atomic E-state index is 0.00801. The summed E-state index contributed by atoms with van der Waals surface area (Å²) >= 11 is 3.58. The molecule has 0 radical (unpaired) electrons. The largest absolute Gasteiger partial charge is 0.496 e. The van der Waals surface area contributed by atoms with Gasteiger partial charge in [0.15, 0.2) is 5.78 Å². The molecule has 1 aliphatic heterocycles. The number of carbonyl (C=O) groups excluding carboxylic acids is 1. The normalized spacial score (nSPS) is 19.8. The van der Waals surface area contributed by atoms with Gasteiger partial charge in [-0.1, -0.05) is 19.9 Å². The smallest absolute Gasteiger partial charge is 0.205 e. The molecular weight excluding hydrogens is 484 g/mol. The van der Waals surface area contributed by atoms with E-state index in [9.17, 15) is 10.1 Å². The minimum atomic E-state index is -0.570. The van der Waals surface area contributed by atoms with Gasteiger partial charge in [0.1, 0.15) is 23.2 Å². The predicted octanol–water partition coefficient (Wildman–Crippen LogP) is 4.77. The van der Waals surface area contributed by atoms with Gasteiger partial charge in [-0.15, -0.1) is 0 Å². The number of carbonyl (C=O) groups is 1. The van der Waals surface area contributed by atoms with Gasteiger partial charge in [-0.3, -0.25) is 9.48 Å². The molecule has 1 aliphatic carbocycles. The first-order chi connectivity index (χ1) is 15.6. The fourth-order valence-corrected chi connectivity index (χ4v) is 4.99. The van der Waals surface area contributed by atoms with Gasteiger partial charge >= 0.3 is 0 Å². The van der Waals surface area contributed by atoms with E-state index in [1.165, 1.54) is 0 Å². The third-order valence-corrected chi connectivity index (χ3v) is 7.47. The molecule has 4 rings (SSSR count). The van der Waals surface area contributed by atoms with E-state index in [2.05, 4.69) is 27.1 Å². The lowest BCUT2D eigenvalue weighted by Crippen LogP contribution is -2.33. The van der Waals surface area contributed by atoms with Crippen LogP contribution in [0, 0.1) is 30.6 Å². The van der Waals surface area contributed by atoms with Crippen LogP contribution in [0.1, 0.15) is 55.1 Å². The van der Waals surface area contributed by atoms with Crippen molar-refractivity contribution in [1.82, 2.24) is 9.78 Å². The van der Waals surface area contributed by atoms with Crippen molar-refractivity contribution in [2.75, 3.05) is 7.11 Å². The van der Waals surface area contributed by atoms with Gasteiger partial charge in [-0.2, -0.15) is 10.4 Å². The molecule has 0 saturated carbocycles. The number of nitrogens with zero attached hydrogens (tertiary/aromatic N) is 3. The highest BCUT2D eigenvalue weighted by Gasteiger charge is 2.43. The molecule has 0 fully saturated rings. The summed E-state index contributed by atoms with van der Waals surface area (Å²) in [6, 6.07) is 7.91. The van der Waals surface area contributed by atoms with Crippen molar-refractivity contribution in [3.05, 3.63) is 68.0 Å². The molecule has 0 saturated heterocycles. The maximum absolute atomic E-state index is 13.2. The lowest BCUT2D eigenvalue weighted by atomic mass is 9.70. The summed E-state index contributed by atoms with van der Waals surface area (Å²) in [7, 11) is 1.62. The van der Waals surface area contributed by atoms with Gasteiger partial charge in [0, 0.05) is 24.0 Å². The van der Waals surface area contributed by atoms with Crippen LogP contribution in [-0.4, -0.2) is 22.7 Å². The van der Waals surface area contributed by atoms with E-state index in [4.69, 9.17) is 15.2 Å². The van der Waals surface area contributed by atoms with Gasteiger partial charge in [0.25, 0.3) is 0 Å². The van der Waals surface area contributed by atoms with E-state index >= 15 is 0 Å². The summed E-state index contributed by atoms with van der Waals surface area (Å²) in [5, 5.41) is 14.5. The summed E-state index contributed by atoms with van der Waals surface area (Å²) in [4.78, 5) is 13.2. The zero-order valence-corrected chi connectivity index (χ0v) is 21.0. The lowest BCUT2D eigenvalue weighted by Gasteiger charge is -2.37. The first-order valence-electron chi connectivity index (χ1n) is 10.8. The molecule has 2 heterocycles. The van der Waals surface area contributed by atoms with Crippen LogP contribution in [0.2, 0.25) is 0 Å². The summed E-state index contributed by atoms with van der Waals surface area (Å²) in [5.74, 6) is 0.755. The van der Waals surface area contributed by atoms with Crippen molar-refractivity contribution in [1.29, 1.82) is 5.26 Å². The van der Waals surface area contributed by atoms with Gasteiger partial charge in [-0.05, 0) is 52.9 Å². The average molecular weight is 511 g/mol. The van der Waals surface area contributed by atoms with Crippen LogP contribution in [-0.2, 0) is 16.1 Å². The first kappa shape index (κ1) is 23.1. The summed E-state index contributed by atoms with van der Waals surface area (Å²) in [5.41, 5.74) is 10.3. The Labute approximate surface area is 202 Å². The van der Waals surface area contributed by atoms with E-state index < -0.39 is 5.92 Å². The van der Waals surface area contributed by atoms with Crippen LogP contribution in [0.4, 0.5) is 0 Å². The first-order valence-corrected chi connectivity index (χ1v) is 11.6. The molecule has 2 aromatic rings. The van der Waals surface area contributed by atoms with Crippen LogP contribution in [0.3, 0.4) is 0 Å². The highest BCUT2D eigenvalue weighted by molar-refractivity contribution is 9.10. The van der Waals surface area contributed by atoms with Crippen molar-refractivity contribution >= 4 is 21.7 Å². The molecule has 0 amide bonds. The van der Waals surface area contributed by atoms with Crippen LogP contribution < -0.4 is 10.5 Å². The Morgan fingerprint density at radius 2 is 2.09 bits per heavy atom. The number of hydrogen-bond acceptors (Lipinski definition) is 6. The average Bonchev–Trinajstić information content (AvgIpc) is 2.98. The Bertz CT molecular complexity index is 1260. The second-order valence-corrected chi connectivity index (χ2v) is 10.2. The monoisotopic (exact) mass is 510 g/mol.